The first kappa shape index (κ1) is 9.95. The molecule has 68 valence electrons. The molecule has 12 heavy (non-hydrogen) atoms. The average molecular weight is 281 g/mol. The molecule has 1 fully saturated rings. The maximum absolute atomic E-state index is 11.3. The SMILES string of the molecule is CC(CI)C1CCC(=O)NC1=O. The van der Waals surface area contributed by atoms with Crippen molar-refractivity contribution in [2.24, 2.45) is 11.8 Å². The van der Waals surface area contributed by atoms with Crippen LogP contribution in [-0.4, -0.2) is 16.2 Å². The normalized spacial score (nSPS) is 26.7. The van der Waals surface area contributed by atoms with Crippen LogP contribution in [0.15, 0.2) is 0 Å². The van der Waals surface area contributed by atoms with E-state index in [1.54, 1.807) is 0 Å². The van der Waals surface area contributed by atoms with Gasteiger partial charge in [-0.25, -0.2) is 0 Å². The minimum Gasteiger partial charge on any atom is -0.296 e. The highest BCUT2D eigenvalue weighted by Gasteiger charge is 2.30. The monoisotopic (exact) mass is 281 g/mol. The van der Waals surface area contributed by atoms with Gasteiger partial charge in [-0.05, 0) is 12.3 Å². The topological polar surface area (TPSA) is 46.2 Å². The molecule has 0 aromatic carbocycles. The molecule has 2 atom stereocenters. The first-order valence-electron chi connectivity index (χ1n) is 4.04. The molecular weight excluding hydrogens is 269 g/mol. The van der Waals surface area contributed by atoms with Crippen molar-refractivity contribution in [3.8, 4) is 0 Å². The van der Waals surface area contributed by atoms with Crippen LogP contribution in [0.25, 0.3) is 0 Å². The summed E-state index contributed by atoms with van der Waals surface area (Å²) in [5, 5.41) is 2.36. The van der Waals surface area contributed by atoms with Crippen molar-refractivity contribution in [1.29, 1.82) is 0 Å². The van der Waals surface area contributed by atoms with Gasteiger partial charge in [0.25, 0.3) is 0 Å². The summed E-state index contributed by atoms with van der Waals surface area (Å²) in [4.78, 5) is 22.1. The van der Waals surface area contributed by atoms with Crippen LogP contribution in [0.4, 0.5) is 0 Å². The number of amides is 2. The lowest BCUT2D eigenvalue weighted by Gasteiger charge is -2.24. The second-order valence-electron chi connectivity index (χ2n) is 3.19. The molecule has 0 aromatic heterocycles. The third kappa shape index (κ3) is 2.18. The largest absolute Gasteiger partial charge is 0.296 e. The van der Waals surface area contributed by atoms with Crippen molar-refractivity contribution in [1.82, 2.24) is 5.32 Å². The van der Waals surface area contributed by atoms with E-state index in [4.69, 9.17) is 0 Å². The lowest BCUT2D eigenvalue weighted by molar-refractivity contribution is -0.137. The van der Waals surface area contributed by atoms with E-state index in [0.29, 0.717) is 12.3 Å². The molecule has 0 saturated carbocycles. The second-order valence-corrected chi connectivity index (χ2v) is 4.07. The van der Waals surface area contributed by atoms with Crippen LogP contribution in [0, 0.1) is 11.8 Å². The highest BCUT2D eigenvalue weighted by molar-refractivity contribution is 14.1. The van der Waals surface area contributed by atoms with Gasteiger partial charge in [-0.15, -0.1) is 0 Å². The third-order valence-electron chi connectivity index (χ3n) is 2.21. The highest BCUT2D eigenvalue weighted by atomic mass is 127. The van der Waals surface area contributed by atoms with Crippen LogP contribution >= 0.6 is 22.6 Å². The molecule has 0 aromatic rings. The average Bonchev–Trinajstić information content (AvgIpc) is 2.03. The molecule has 0 aliphatic carbocycles. The van der Waals surface area contributed by atoms with Crippen molar-refractivity contribution in [2.45, 2.75) is 19.8 Å². The number of piperidine rings is 1. The van der Waals surface area contributed by atoms with Gasteiger partial charge in [0.2, 0.25) is 11.8 Å². The first-order chi connectivity index (χ1) is 5.65. The van der Waals surface area contributed by atoms with Crippen molar-refractivity contribution >= 4 is 34.4 Å². The molecular formula is C8H12INO2. The molecule has 2 unspecified atom stereocenters. The molecule has 4 heteroatoms. The Hall–Kier alpha value is -0.130. The fourth-order valence-corrected chi connectivity index (χ4v) is 1.97. The number of hydrogen-bond donors (Lipinski definition) is 1. The summed E-state index contributed by atoms with van der Waals surface area (Å²) in [6.45, 7) is 2.05. The van der Waals surface area contributed by atoms with Crippen LogP contribution in [-0.2, 0) is 9.59 Å². The van der Waals surface area contributed by atoms with Crippen molar-refractivity contribution in [2.75, 3.05) is 4.43 Å². The van der Waals surface area contributed by atoms with Gasteiger partial charge in [0.05, 0.1) is 0 Å². The van der Waals surface area contributed by atoms with E-state index < -0.39 is 0 Å². The smallest absolute Gasteiger partial charge is 0.229 e. The fraction of sp³-hybridized carbons (Fsp3) is 0.750. The lowest BCUT2D eigenvalue weighted by Crippen LogP contribution is -2.43. The van der Waals surface area contributed by atoms with Gasteiger partial charge in [0.1, 0.15) is 0 Å². The molecule has 0 bridgehead atoms. The Balaban J connectivity index is 2.56. The minimum atomic E-state index is -0.128. The van der Waals surface area contributed by atoms with E-state index in [1.165, 1.54) is 0 Å². The molecule has 1 aliphatic rings. The zero-order chi connectivity index (χ0) is 9.14. The molecule has 2 amide bonds. The first-order valence-corrected chi connectivity index (χ1v) is 5.57. The Morgan fingerprint density at radius 1 is 1.67 bits per heavy atom. The van der Waals surface area contributed by atoms with Crippen LogP contribution in [0.5, 0.6) is 0 Å². The zero-order valence-electron chi connectivity index (χ0n) is 6.97. The van der Waals surface area contributed by atoms with E-state index in [1.807, 2.05) is 6.92 Å². The van der Waals surface area contributed by atoms with Gasteiger partial charge < -0.3 is 0 Å². The fourth-order valence-electron chi connectivity index (χ4n) is 1.36. The van der Waals surface area contributed by atoms with Crippen molar-refractivity contribution in [3.05, 3.63) is 0 Å². The molecule has 1 saturated heterocycles. The summed E-state index contributed by atoms with van der Waals surface area (Å²) in [6.07, 6.45) is 1.21. The van der Waals surface area contributed by atoms with Crippen molar-refractivity contribution < 1.29 is 9.59 Å². The summed E-state index contributed by atoms with van der Waals surface area (Å²) in [7, 11) is 0. The Kier molecular flexibility index (Phi) is 3.49. The number of hydrogen-bond acceptors (Lipinski definition) is 2. The molecule has 1 N–H and O–H groups in total. The number of imide groups is 1. The zero-order valence-corrected chi connectivity index (χ0v) is 9.13. The third-order valence-corrected chi connectivity index (χ3v) is 3.60. The number of nitrogens with one attached hydrogen (secondary N) is 1. The predicted molar refractivity (Wildman–Crippen MR) is 53.9 cm³/mol. The van der Waals surface area contributed by atoms with Gasteiger partial charge >= 0.3 is 0 Å². The van der Waals surface area contributed by atoms with Gasteiger partial charge in [-0.3, -0.25) is 14.9 Å². The molecule has 1 rings (SSSR count). The van der Waals surface area contributed by atoms with E-state index >= 15 is 0 Å². The number of rotatable bonds is 2. The summed E-state index contributed by atoms with van der Waals surface area (Å²) in [5.41, 5.74) is 0. The highest BCUT2D eigenvalue weighted by Crippen LogP contribution is 2.22. The summed E-state index contributed by atoms with van der Waals surface area (Å²) >= 11 is 2.27. The van der Waals surface area contributed by atoms with Gasteiger partial charge in [-0.1, -0.05) is 29.5 Å². The molecule has 3 nitrogen and oxygen atoms in total. The summed E-state index contributed by atoms with van der Waals surface area (Å²) in [5.74, 6) is 0.200. The maximum atomic E-state index is 11.3. The number of carbonyl (C=O) groups excluding carboxylic acids is 2. The van der Waals surface area contributed by atoms with Crippen LogP contribution < -0.4 is 5.32 Å². The van der Waals surface area contributed by atoms with Crippen LogP contribution in [0.3, 0.4) is 0 Å². The number of halogens is 1. The van der Waals surface area contributed by atoms with E-state index in [2.05, 4.69) is 27.9 Å². The quantitative estimate of drug-likeness (QED) is 0.468. The number of carbonyl (C=O) groups is 2. The maximum Gasteiger partial charge on any atom is 0.229 e. The standard InChI is InChI=1S/C8H12INO2/c1-5(4-9)6-2-3-7(11)10-8(6)12/h5-6H,2-4H2,1H3,(H,10,11,12). The van der Waals surface area contributed by atoms with E-state index in [0.717, 1.165) is 10.8 Å². The van der Waals surface area contributed by atoms with E-state index in [9.17, 15) is 9.59 Å². The van der Waals surface area contributed by atoms with Gasteiger partial charge in [0, 0.05) is 16.8 Å². The Morgan fingerprint density at radius 3 is 2.83 bits per heavy atom. The Labute approximate surface area is 85.4 Å². The summed E-state index contributed by atoms with van der Waals surface area (Å²) < 4.78 is 0.962. The minimum absolute atomic E-state index is 0.0413. The molecule has 0 radical (unpaired) electrons. The Morgan fingerprint density at radius 2 is 2.33 bits per heavy atom. The second kappa shape index (κ2) is 4.20. The molecule has 1 aliphatic heterocycles. The Bertz CT molecular complexity index is 205. The van der Waals surface area contributed by atoms with Crippen LogP contribution in [0.1, 0.15) is 19.8 Å². The summed E-state index contributed by atoms with van der Waals surface area (Å²) in [6, 6.07) is 0. The van der Waals surface area contributed by atoms with Gasteiger partial charge in [0.15, 0.2) is 0 Å². The van der Waals surface area contributed by atoms with Crippen molar-refractivity contribution in [3.63, 3.8) is 0 Å². The van der Waals surface area contributed by atoms with Crippen LogP contribution in [0.2, 0.25) is 0 Å². The predicted octanol–water partition coefficient (Wildman–Crippen LogP) is 1.11. The van der Waals surface area contributed by atoms with Gasteiger partial charge in [-0.2, -0.15) is 0 Å². The van der Waals surface area contributed by atoms with E-state index in [-0.39, 0.29) is 17.7 Å². The molecule has 0 spiro atoms. The number of alkyl halides is 1. The molecule has 1 heterocycles. The lowest BCUT2D eigenvalue weighted by atomic mass is 9.88.